The molecule has 0 aromatic heterocycles. The molecule has 0 bridgehead atoms. The zero-order valence-corrected chi connectivity index (χ0v) is 17.0. The zero-order chi connectivity index (χ0) is 21.2. The maximum absolute atomic E-state index is 13.3. The number of nitrogens with one attached hydrogen (secondary N) is 1. The fraction of sp³-hybridized carbons (Fsp3) is 0.364. The fourth-order valence-corrected chi connectivity index (χ4v) is 3.44. The minimum absolute atomic E-state index is 0.0124. The minimum atomic E-state index is -0.986. The van der Waals surface area contributed by atoms with E-state index in [4.69, 9.17) is 21.4 Å². The molecule has 1 fully saturated rings. The molecule has 2 aromatic rings. The van der Waals surface area contributed by atoms with Crippen LogP contribution in [0, 0.1) is 11.7 Å². The summed E-state index contributed by atoms with van der Waals surface area (Å²) < 4.78 is 19.1. The van der Waals surface area contributed by atoms with Gasteiger partial charge >= 0.3 is 5.97 Å². The third-order valence-corrected chi connectivity index (χ3v) is 5.36. The molecule has 1 aliphatic carbocycles. The Labute approximate surface area is 173 Å². The second-order valence-electron chi connectivity index (χ2n) is 7.68. The van der Waals surface area contributed by atoms with Gasteiger partial charge in [0, 0.05) is 0 Å². The molecular weight excluding hydrogens is 397 g/mol. The van der Waals surface area contributed by atoms with Gasteiger partial charge in [0.05, 0.1) is 22.7 Å². The van der Waals surface area contributed by atoms with Crippen LogP contribution in [0.15, 0.2) is 42.5 Å². The molecule has 1 amide bonds. The van der Waals surface area contributed by atoms with E-state index in [1.165, 1.54) is 12.1 Å². The van der Waals surface area contributed by atoms with Crippen LogP contribution in [0.25, 0.3) is 0 Å². The number of carboxylic acids is 1. The minimum Gasteiger partial charge on any atom is -0.478 e. The van der Waals surface area contributed by atoms with Crippen molar-refractivity contribution < 1.29 is 23.8 Å². The van der Waals surface area contributed by atoms with Crippen LogP contribution in [0.4, 0.5) is 4.39 Å². The van der Waals surface area contributed by atoms with Crippen LogP contribution in [-0.2, 0) is 21.7 Å². The molecule has 0 spiro atoms. The van der Waals surface area contributed by atoms with Gasteiger partial charge < -0.3 is 15.2 Å². The summed E-state index contributed by atoms with van der Waals surface area (Å²) >= 11 is 5.80. The lowest BCUT2D eigenvalue weighted by molar-refractivity contribution is -0.137. The Bertz CT molecular complexity index is 910. The number of amides is 1. The molecule has 0 heterocycles. The smallest absolute Gasteiger partial charge is 0.335 e. The molecule has 5 nitrogen and oxygen atoms in total. The molecule has 0 saturated heterocycles. The lowest BCUT2D eigenvalue weighted by atomic mass is 10.0. The molecule has 0 radical (unpaired) electrons. The summed E-state index contributed by atoms with van der Waals surface area (Å²) in [5.41, 5.74) is 1.28. The number of benzene rings is 2. The monoisotopic (exact) mass is 419 g/mol. The third kappa shape index (κ3) is 4.95. The Kier molecular flexibility index (Phi) is 6.24. The molecule has 1 atom stereocenters. The Morgan fingerprint density at radius 1 is 1.21 bits per heavy atom. The fourth-order valence-electron chi connectivity index (χ4n) is 3.24. The predicted molar refractivity (Wildman–Crippen MR) is 107 cm³/mol. The topological polar surface area (TPSA) is 75.6 Å². The number of halogens is 2. The average Bonchev–Trinajstić information content (AvgIpc) is 3.45. The quantitative estimate of drug-likeness (QED) is 0.659. The van der Waals surface area contributed by atoms with Crippen molar-refractivity contribution in [1.82, 2.24) is 5.32 Å². The van der Waals surface area contributed by atoms with Gasteiger partial charge in [-0.1, -0.05) is 43.6 Å². The molecule has 2 aromatic carbocycles. The van der Waals surface area contributed by atoms with Gasteiger partial charge in [0.2, 0.25) is 5.91 Å². The molecule has 29 heavy (non-hydrogen) atoms. The van der Waals surface area contributed by atoms with E-state index in [1.807, 2.05) is 13.8 Å². The van der Waals surface area contributed by atoms with Crippen molar-refractivity contribution in [1.29, 1.82) is 0 Å². The van der Waals surface area contributed by atoms with Gasteiger partial charge in [-0.05, 0) is 54.2 Å². The van der Waals surface area contributed by atoms with Crippen molar-refractivity contribution in [2.75, 3.05) is 0 Å². The first-order valence-electron chi connectivity index (χ1n) is 9.43. The van der Waals surface area contributed by atoms with E-state index >= 15 is 0 Å². The molecule has 154 valence electrons. The van der Waals surface area contributed by atoms with Crippen molar-refractivity contribution in [3.8, 4) is 0 Å². The summed E-state index contributed by atoms with van der Waals surface area (Å²) in [6, 6.07) is 10.9. The summed E-state index contributed by atoms with van der Waals surface area (Å²) in [6.45, 7) is 3.92. The summed E-state index contributed by atoms with van der Waals surface area (Å²) in [4.78, 5) is 23.9. The highest BCUT2D eigenvalue weighted by molar-refractivity contribution is 6.30. The maximum Gasteiger partial charge on any atom is 0.335 e. The molecule has 2 N–H and O–H groups in total. The number of ether oxygens (including phenoxy) is 1. The third-order valence-electron chi connectivity index (χ3n) is 5.07. The highest BCUT2D eigenvalue weighted by Crippen LogP contribution is 2.45. The number of carboxylic acid groups (broad SMARTS) is 1. The second kappa shape index (κ2) is 8.51. The van der Waals surface area contributed by atoms with Crippen LogP contribution >= 0.6 is 11.6 Å². The largest absolute Gasteiger partial charge is 0.478 e. The number of carbonyl (C=O) groups is 2. The van der Waals surface area contributed by atoms with Crippen molar-refractivity contribution in [3.05, 3.63) is 70.0 Å². The molecule has 0 unspecified atom stereocenters. The molecule has 1 saturated carbocycles. The SMILES string of the molecule is CC(C)[C@@H](OCc1ccc(F)c(Cl)c1)C(=O)NC1(c2ccc(C(=O)O)cc2)CC1. The highest BCUT2D eigenvalue weighted by atomic mass is 35.5. The zero-order valence-electron chi connectivity index (χ0n) is 16.2. The predicted octanol–water partition coefficient (Wildman–Crippen LogP) is 4.52. The number of hydrogen-bond donors (Lipinski definition) is 2. The molecule has 7 heteroatoms. The van der Waals surface area contributed by atoms with Gasteiger partial charge in [-0.2, -0.15) is 0 Å². The normalized spacial score (nSPS) is 15.8. The molecule has 0 aliphatic heterocycles. The average molecular weight is 420 g/mol. The Balaban J connectivity index is 1.67. The second-order valence-corrected chi connectivity index (χ2v) is 8.09. The lowest BCUT2D eigenvalue weighted by Crippen LogP contribution is -2.44. The van der Waals surface area contributed by atoms with Gasteiger partial charge in [0.15, 0.2) is 0 Å². The molecular formula is C22H23ClFNO4. The summed E-state index contributed by atoms with van der Waals surface area (Å²) in [5.74, 6) is -1.79. The number of rotatable bonds is 8. The van der Waals surface area contributed by atoms with E-state index in [0.29, 0.717) is 5.56 Å². The van der Waals surface area contributed by atoms with Crippen LogP contribution < -0.4 is 5.32 Å². The Morgan fingerprint density at radius 3 is 2.38 bits per heavy atom. The van der Waals surface area contributed by atoms with E-state index in [2.05, 4.69) is 5.32 Å². The molecule has 1 aliphatic rings. The van der Waals surface area contributed by atoms with Crippen LogP contribution in [0.5, 0.6) is 0 Å². The van der Waals surface area contributed by atoms with Crippen molar-refractivity contribution in [2.24, 2.45) is 5.92 Å². The van der Waals surface area contributed by atoms with E-state index in [0.717, 1.165) is 18.4 Å². The van der Waals surface area contributed by atoms with Crippen LogP contribution in [0.1, 0.15) is 48.2 Å². The van der Waals surface area contributed by atoms with Crippen LogP contribution in [-0.4, -0.2) is 23.1 Å². The van der Waals surface area contributed by atoms with Crippen molar-refractivity contribution in [2.45, 2.75) is 44.9 Å². The summed E-state index contributed by atoms with van der Waals surface area (Å²) in [6.07, 6.45) is 0.877. The van der Waals surface area contributed by atoms with Crippen molar-refractivity contribution >= 4 is 23.5 Å². The lowest BCUT2D eigenvalue weighted by Gasteiger charge is -2.25. The number of hydrogen-bond acceptors (Lipinski definition) is 3. The maximum atomic E-state index is 13.3. The van der Waals surface area contributed by atoms with Gasteiger partial charge in [0.1, 0.15) is 11.9 Å². The molecule has 3 rings (SSSR count). The van der Waals surface area contributed by atoms with Gasteiger partial charge in [-0.3, -0.25) is 4.79 Å². The number of carbonyl (C=O) groups excluding carboxylic acids is 1. The Hall–Kier alpha value is -2.44. The first-order valence-corrected chi connectivity index (χ1v) is 9.81. The first-order chi connectivity index (χ1) is 13.7. The number of aromatic carboxylic acids is 1. The van der Waals surface area contributed by atoms with E-state index < -0.39 is 23.4 Å². The highest BCUT2D eigenvalue weighted by Gasteiger charge is 2.46. The summed E-state index contributed by atoms with van der Waals surface area (Å²) in [5, 5.41) is 12.1. The van der Waals surface area contributed by atoms with Gasteiger partial charge in [0.25, 0.3) is 0 Å². The van der Waals surface area contributed by atoms with E-state index in [1.54, 1.807) is 30.3 Å². The van der Waals surface area contributed by atoms with Crippen LogP contribution in [0.2, 0.25) is 5.02 Å². The first kappa shape index (κ1) is 21.3. The van der Waals surface area contributed by atoms with E-state index in [9.17, 15) is 14.0 Å². The van der Waals surface area contributed by atoms with Crippen LogP contribution in [0.3, 0.4) is 0 Å². The van der Waals surface area contributed by atoms with Gasteiger partial charge in [-0.15, -0.1) is 0 Å². The van der Waals surface area contributed by atoms with E-state index in [-0.39, 0.29) is 29.0 Å². The summed E-state index contributed by atoms with van der Waals surface area (Å²) in [7, 11) is 0. The van der Waals surface area contributed by atoms with Crippen molar-refractivity contribution in [3.63, 3.8) is 0 Å². The standard InChI is InChI=1S/C22H23ClFNO4/c1-13(2)19(29-12-14-3-8-18(24)17(23)11-14)20(26)25-22(9-10-22)16-6-4-15(5-7-16)21(27)28/h3-8,11,13,19H,9-10,12H2,1-2H3,(H,25,26)(H,27,28)/t19-/m1/s1. The van der Waals surface area contributed by atoms with Gasteiger partial charge in [-0.25, -0.2) is 9.18 Å². The Morgan fingerprint density at radius 2 is 1.86 bits per heavy atom.